The molecule has 0 amide bonds. The van der Waals surface area contributed by atoms with Gasteiger partial charge in [0.1, 0.15) is 17.0 Å². The predicted molar refractivity (Wildman–Crippen MR) is 70.4 cm³/mol. The van der Waals surface area contributed by atoms with Crippen molar-refractivity contribution < 1.29 is 12.8 Å². The number of aryl methyl sites for hydroxylation is 1. The molecule has 2 aromatic rings. The van der Waals surface area contributed by atoms with E-state index >= 15 is 0 Å². The summed E-state index contributed by atoms with van der Waals surface area (Å²) in [6.07, 6.45) is 2.89. The van der Waals surface area contributed by atoms with Gasteiger partial charge in [-0.15, -0.1) is 0 Å². The molecule has 7 nitrogen and oxygen atoms in total. The van der Waals surface area contributed by atoms with Gasteiger partial charge in [-0.05, 0) is 26.0 Å². The number of sulfonamides is 1. The van der Waals surface area contributed by atoms with E-state index in [2.05, 4.69) is 20.0 Å². The van der Waals surface area contributed by atoms with Crippen molar-refractivity contribution in [3.63, 3.8) is 0 Å². The van der Waals surface area contributed by atoms with E-state index in [-0.39, 0.29) is 10.9 Å². The maximum atomic E-state index is 12.2. The summed E-state index contributed by atoms with van der Waals surface area (Å²) < 4.78 is 31.7. The van der Waals surface area contributed by atoms with Gasteiger partial charge in [-0.3, -0.25) is 0 Å². The number of hydrogen-bond acceptors (Lipinski definition) is 6. The number of anilines is 2. The van der Waals surface area contributed by atoms with Gasteiger partial charge in [0.15, 0.2) is 0 Å². The van der Waals surface area contributed by atoms with Gasteiger partial charge in [0.2, 0.25) is 0 Å². The van der Waals surface area contributed by atoms with E-state index in [1.54, 1.807) is 13.0 Å². The third kappa shape index (κ3) is 3.02. The Labute approximate surface area is 111 Å². The maximum Gasteiger partial charge on any atom is 0.309 e. The van der Waals surface area contributed by atoms with Crippen LogP contribution in [0, 0.1) is 6.92 Å². The van der Waals surface area contributed by atoms with Crippen LogP contribution < -0.4 is 10.0 Å². The van der Waals surface area contributed by atoms with Gasteiger partial charge >= 0.3 is 6.01 Å². The maximum absolute atomic E-state index is 12.2. The van der Waals surface area contributed by atoms with E-state index in [1.165, 1.54) is 18.5 Å². The fourth-order valence-electron chi connectivity index (χ4n) is 1.48. The quantitative estimate of drug-likeness (QED) is 0.864. The largest absolute Gasteiger partial charge is 0.431 e. The molecule has 0 saturated heterocycles. The van der Waals surface area contributed by atoms with E-state index in [1.807, 2.05) is 6.92 Å². The average molecular weight is 282 g/mol. The van der Waals surface area contributed by atoms with Gasteiger partial charge in [-0.1, -0.05) is 0 Å². The summed E-state index contributed by atoms with van der Waals surface area (Å²) in [6, 6.07) is 2.95. The molecule has 2 heterocycles. The lowest BCUT2D eigenvalue weighted by Crippen LogP contribution is -2.16. The smallest absolute Gasteiger partial charge is 0.309 e. The molecule has 0 aliphatic heterocycles. The Morgan fingerprint density at radius 3 is 2.84 bits per heavy atom. The third-order valence-corrected chi connectivity index (χ3v) is 3.60. The topological polar surface area (TPSA) is 97.1 Å². The minimum atomic E-state index is -3.78. The molecular formula is C11H14N4O3S. The Balaban J connectivity index is 2.34. The van der Waals surface area contributed by atoms with Gasteiger partial charge < -0.3 is 9.73 Å². The second kappa shape index (κ2) is 5.27. The van der Waals surface area contributed by atoms with Crippen molar-refractivity contribution in [1.29, 1.82) is 0 Å². The normalized spacial score (nSPS) is 11.3. The van der Waals surface area contributed by atoms with E-state index in [4.69, 9.17) is 4.42 Å². The van der Waals surface area contributed by atoms with Crippen LogP contribution >= 0.6 is 0 Å². The van der Waals surface area contributed by atoms with Crippen molar-refractivity contribution in [2.75, 3.05) is 16.6 Å². The van der Waals surface area contributed by atoms with Crippen molar-refractivity contribution in [3.8, 4) is 0 Å². The minimum Gasteiger partial charge on any atom is -0.431 e. The second-order valence-electron chi connectivity index (χ2n) is 3.78. The molecule has 0 aliphatic rings. The molecule has 8 heteroatoms. The number of nitrogens with one attached hydrogen (secondary N) is 2. The van der Waals surface area contributed by atoms with Crippen LogP contribution in [0.3, 0.4) is 0 Å². The molecule has 2 N–H and O–H groups in total. The highest BCUT2D eigenvalue weighted by Crippen LogP contribution is 2.21. The van der Waals surface area contributed by atoms with Gasteiger partial charge in [0, 0.05) is 12.7 Å². The zero-order valence-electron chi connectivity index (χ0n) is 10.5. The molecule has 0 radical (unpaired) electrons. The first kappa shape index (κ1) is 13.3. The lowest BCUT2D eigenvalue weighted by Gasteiger charge is -2.09. The van der Waals surface area contributed by atoms with Crippen molar-refractivity contribution in [2.24, 2.45) is 0 Å². The fourth-order valence-corrected chi connectivity index (χ4v) is 2.55. The van der Waals surface area contributed by atoms with E-state index in [0.29, 0.717) is 18.1 Å². The van der Waals surface area contributed by atoms with Crippen molar-refractivity contribution in [3.05, 3.63) is 30.3 Å². The number of nitrogens with zero attached hydrogens (tertiary/aromatic N) is 2. The lowest BCUT2D eigenvalue weighted by atomic mass is 10.4. The monoisotopic (exact) mass is 282 g/mol. The molecule has 0 aliphatic carbocycles. The molecule has 19 heavy (non-hydrogen) atoms. The van der Waals surface area contributed by atoms with Crippen LogP contribution in [0.4, 0.5) is 11.8 Å². The van der Waals surface area contributed by atoms with E-state index in [9.17, 15) is 8.42 Å². The molecule has 2 aromatic heterocycles. The first-order valence-corrected chi connectivity index (χ1v) is 7.15. The molecule has 0 aromatic carbocycles. The highest BCUT2D eigenvalue weighted by atomic mass is 32.2. The summed E-state index contributed by atoms with van der Waals surface area (Å²) in [7, 11) is -3.78. The van der Waals surface area contributed by atoms with Crippen molar-refractivity contribution in [2.45, 2.75) is 18.7 Å². The van der Waals surface area contributed by atoms with Crippen LogP contribution in [0.1, 0.15) is 12.6 Å². The van der Waals surface area contributed by atoms with Crippen LogP contribution in [-0.2, 0) is 10.0 Å². The number of rotatable bonds is 5. The first-order chi connectivity index (χ1) is 9.03. The molecular weight excluding hydrogens is 268 g/mol. The SMILES string of the molecule is CCNc1ncccc1S(=O)(=O)Nc1nc(C)co1. The molecule has 0 saturated carbocycles. The fraction of sp³-hybridized carbons (Fsp3) is 0.273. The van der Waals surface area contributed by atoms with Crippen LogP contribution in [0.5, 0.6) is 0 Å². The summed E-state index contributed by atoms with van der Waals surface area (Å²) in [5.74, 6) is 0.292. The number of aromatic nitrogens is 2. The van der Waals surface area contributed by atoms with Crippen LogP contribution in [-0.4, -0.2) is 24.9 Å². The van der Waals surface area contributed by atoms with E-state index < -0.39 is 10.0 Å². The van der Waals surface area contributed by atoms with Crippen molar-refractivity contribution >= 4 is 21.9 Å². The molecule has 0 spiro atoms. The molecule has 0 unspecified atom stereocenters. The minimum absolute atomic E-state index is 0.0488. The number of hydrogen-bond donors (Lipinski definition) is 2. The Bertz CT molecular complexity index is 666. The Kier molecular flexibility index (Phi) is 3.70. The zero-order valence-corrected chi connectivity index (χ0v) is 11.4. The standard InChI is InChI=1S/C11H14N4O3S/c1-3-12-10-9(5-4-6-13-10)19(16,17)15-11-14-8(2)7-18-11/h4-7H,3H2,1-2H3,(H,12,13)(H,14,15). The molecule has 0 fully saturated rings. The molecule has 2 rings (SSSR count). The zero-order chi connectivity index (χ0) is 13.9. The third-order valence-electron chi connectivity index (χ3n) is 2.25. The summed E-state index contributed by atoms with van der Waals surface area (Å²) in [6.45, 7) is 4.13. The van der Waals surface area contributed by atoms with Gasteiger partial charge in [0.25, 0.3) is 10.0 Å². The Morgan fingerprint density at radius 1 is 1.42 bits per heavy atom. The predicted octanol–water partition coefficient (Wildman–Crippen LogP) is 1.61. The molecule has 0 bridgehead atoms. The summed E-state index contributed by atoms with van der Waals surface area (Å²) in [5.41, 5.74) is 0.593. The second-order valence-corrected chi connectivity index (χ2v) is 5.43. The van der Waals surface area contributed by atoms with Crippen LogP contribution in [0.2, 0.25) is 0 Å². The Morgan fingerprint density at radius 2 is 2.21 bits per heavy atom. The van der Waals surface area contributed by atoms with Gasteiger partial charge in [-0.2, -0.15) is 4.98 Å². The Hall–Kier alpha value is -2.09. The van der Waals surface area contributed by atoms with Gasteiger partial charge in [-0.25, -0.2) is 18.1 Å². The molecule has 0 atom stereocenters. The van der Waals surface area contributed by atoms with Crippen molar-refractivity contribution in [1.82, 2.24) is 9.97 Å². The molecule has 102 valence electrons. The van der Waals surface area contributed by atoms with Crippen LogP contribution in [0.15, 0.2) is 33.9 Å². The lowest BCUT2D eigenvalue weighted by molar-refractivity contribution is 0.569. The summed E-state index contributed by atoms with van der Waals surface area (Å²) in [4.78, 5) is 7.95. The van der Waals surface area contributed by atoms with Crippen LogP contribution in [0.25, 0.3) is 0 Å². The highest BCUT2D eigenvalue weighted by molar-refractivity contribution is 7.92. The summed E-state index contributed by atoms with van der Waals surface area (Å²) in [5, 5.41) is 2.89. The van der Waals surface area contributed by atoms with Gasteiger partial charge in [0.05, 0.1) is 5.69 Å². The number of oxazole rings is 1. The highest BCUT2D eigenvalue weighted by Gasteiger charge is 2.21. The summed E-state index contributed by atoms with van der Waals surface area (Å²) >= 11 is 0. The average Bonchev–Trinajstić information content (AvgIpc) is 2.75. The number of pyridine rings is 1. The first-order valence-electron chi connectivity index (χ1n) is 5.67. The van der Waals surface area contributed by atoms with E-state index in [0.717, 1.165) is 0 Å².